The lowest BCUT2D eigenvalue weighted by Gasteiger charge is -2.11. The predicted molar refractivity (Wildman–Crippen MR) is 146 cm³/mol. The molecule has 1 amide bonds. The van der Waals surface area contributed by atoms with Gasteiger partial charge >= 0.3 is 6.01 Å². The molecular weight excluding hydrogens is 497 g/mol. The number of nitrogens with one attached hydrogen (secondary N) is 1. The van der Waals surface area contributed by atoms with E-state index in [1.54, 1.807) is 24.3 Å². The van der Waals surface area contributed by atoms with Crippen molar-refractivity contribution in [1.82, 2.24) is 19.5 Å². The number of benzene rings is 2. The van der Waals surface area contributed by atoms with Crippen molar-refractivity contribution in [3.63, 3.8) is 0 Å². The third-order valence-electron chi connectivity index (χ3n) is 6.22. The number of carbonyl (C=O) groups is 1. The van der Waals surface area contributed by atoms with Gasteiger partial charge < -0.3 is 20.4 Å². The van der Waals surface area contributed by atoms with Crippen molar-refractivity contribution in [1.29, 1.82) is 5.26 Å². The molecule has 0 unspecified atom stereocenters. The maximum absolute atomic E-state index is 13.5. The van der Waals surface area contributed by atoms with Gasteiger partial charge in [-0.2, -0.15) is 10.2 Å². The van der Waals surface area contributed by atoms with E-state index < -0.39 is 5.82 Å². The zero-order chi connectivity index (χ0) is 27.7. The zero-order valence-electron chi connectivity index (χ0n) is 21.1. The standard InChI is InChI=1S/C29H22FN7O2/c1-4-23(38)36-20-9-5-18(6-10-20)26-24(25-27(37(26)3)19(13-31)14-33-28(25)32)17-7-11-21(12-8-17)39-29-34-15-22(30)16(2)35-29/h4-12,14-15H,1H2,2-3H3,(H2,32,33)(H,36,38). The van der Waals surface area contributed by atoms with E-state index in [9.17, 15) is 14.4 Å². The van der Waals surface area contributed by atoms with Gasteiger partial charge in [0.05, 0.1) is 34.1 Å². The number of hydrogen-bond acceptors (Lipinski definition) is 7. The summed E-state index contributed by atoms with van der Waals surface area (Å²) in [6.07, 6.45) is 3.72. The number of carbonyl (C=O) groups excluding carboxylic acids is 1. The summed E-state index contributed by atoms with van der Waals surface area (Å²) >= 11 is 0. The molecule has 192 valence electrons. The van der Waals surface area contributed by atoms with Gasteiger partial charge in [-0.1, -0.05) is 30.8 Å². The van der Waals surface area contributed by atoms with Gasteiger partial charge in [-0.25, -0.2) is 14.4 Å². The highest BCUT2D eigenvalue weighted by Gasteiger charge is 2.23. The summed E-state index contributed by atoms with van der Waals surface area (Å²) in [5.41, 5.74) is 11.4. The largest absolute Gasteiger partial charge is 0.424 e. The molecule has 0 fully saturated rings. The first-order chi connectivity index (χ1) is 18.8. The minimum atomic E-state index is -0.514. The van der Waals surface area contributed by atoms with E-state index in [1.807, 2.05) is 35.9 Å². The first-order valence-electron chi connectivity index (χ1n) is 11.8. The highest BCUT2D eigenvalue weighted by Crippen LogP contribution is 2.43. The smallest absolute Gasteiger partial charge is 0.322 e. The van der Waals surface area contributed by atoms with Crippen molar-refractivity contribution < 1.29 is 13.9 Å². The summed E-state index contributed by atoms with van der Waals surface area (Å²) < 4.78 is 21.2. The number of amides is 1. The molecule has 0 atom stereocenters. The van der Waals surface area contributed by atoms with E-state index in [1.165, 1.54) is 19.2 Å². The maximum Gasteiger partial charge on any atom is 0.322 e. The van der Waals surface area contributed by atoms with Crippen LogP contribution in [-0.2, 0) is 11.8 Å². The molecule has 0 radical (unpaired) electrons. The number of nitriles is 1. The molecule has 3 aromatic heterocycles. The molecule has 5 rings (SSSR count). The van der Waals surface area contributed by atoms with Crippen LogP contribution in [0, 0.1) is 24.1 Å². The van der Waals surface area contributed by atoms with Crippen LogP contribution in [0.2, 0.25) is 0 Å². The number of fused-ring (bicyclic) bond motifs is 1. The Balaban J connectivity index is 1.64. The second kappa shape index (κ2) is 10.1. The van der Waals surface area contributed by atoms with Crippen molar-refractivity contribution in [2.75, 3.05) is 11.1 Å². The van der Waals surface area contributed by atoms with Crippen LogP contribution in [0.25, 0.3) is 33.3 Å². The van der Waals surface area contributed by atoms with Crippen molar-refractivity contribution in [3.8, 4) is 40.2 Å². The molecule has 0 saturated carbocycles. The van der Waals surface area contributed by atoms with Crippen molar-refractivity contribution in [2.24, 2.45) is 7.05 Å². The van der Waals surface area contributed by atoms with Gasteiger partial charge in [0.2, 0.25) is 5.91 Å². The topological polar surface area (TPSA) is 132 Å². The molecule has 39 heavy (non-hydrogen) atoms. The monoisotopic (exact) mass is 519 g/mol. The van der Waals surface area contributed by atoms with Gasteiger partial charge in [0.25, 0.3) is 0 Å². The van der Waals surface area contributed by atoms with E-state index in [0.717, 1.165) is 28.6 Å². The molecule has 3 heterocycles. The molecule has 0 aliphatic rings. The molecule has 0 spiro atoms. The molecule has 0 aliphatic carbocycles. The van der Waals surface area contributed by atoms with Crippen LogP contribution in [0.1, 0.15) is 11.3 Å². The van der Waals surface area contributed by atoms with Gasteiger partial charge in [0.15, 0.2) is 5.82 Å². The Morgan fingerprint density at radius 1 is 1.13 bits per heavy atom. The molecule has 0 bridgehead atoms. The lowest BCUT2D eigenvalue weighted by Crippen LogP contribution is -2.06. The van der Waals surface area contributed by atoms with Crippen LogP contribution in [0.4, 0.5) is 15.9 Å². The fourth-order valence-electron chi connectivity index (χ4n) is 4.39. The summed E-state index contributed by atoms with van der Waals surface area (Å²) in [6, 6.07) is 16.7. The first-order valence-corrected chi connectivity index (χ1v) is 11.8. The first kappa shape index (κ1) is 25.1. The lowest BCUT2D eigenvalue weighted by molar-refractivity contribution is -0.111. The lowest BCUT2D eigenvalue weighted by atomic mass is 9.98. The third-order valence-corrected chi connectivity index (χ3v) is 6.22. The summed E-state index contributed by atoms with van der Waals surface area (Å²) in [5, 5.41) is 13.2. The van der Waals surface area contributed by atoms with Gasteiger partial charge in [-0.15, -0.1) is 0 Å². The van der Waals surface area contributed by atoms with Crippen LogP contribution in [-0.4, -0.2) is 25.4 Å². The number of halogens is 1. The SMILES string of the molecule is C=CC(=O)Nc1ccc(-c2c(-c3ccc(Oc4ncc(F)c(C)n4)cc3)c3c(N)ncc(C#N)c3n2C)cc1. The van der Waals surface area contributed by atoms with Crippen LogP contribution in [0.15, 0.2) is 73.6 Å². The summed E-state index contributed by atoms with van der Waals surface area (Å²) in [7, 11) is 1.86. The Hall–Kier alpha value is -5.56. The maximum atomic E-state index is 13.5. The quantitative estimate of drug-likeness (QED) is 0.283. The minimum absolute atomic E-state index is 0.0308. The molecule has 3 N–H and O–H groups in total. The number of nitrogen functional groups attached to an aromatic ring is 1. The fraction of sp³-hybridized carbons (Fsp3) is 0.0690. The molecule has 10 heteroatoms. The molecule has 0 aliphatic heterocycles. The average Bonchev–Trinajstić information content (AvgIpc) is 3.25. The van der Waals surface area contributed by atoms with Gasteiger partial charge in [-0.05, 0) is 48.4 Å². The van der Waals surface area contributed by atoms with E-state index >= 15 is 0 Å². The summed E-state index contributed by atoms with van der Waals surface area (Å²) in [6.45, 7) is 5.00. The van der Waals surface area contributed by atoms with Crippen molar-refractivity contribution in [2.45, 2.75) is 6.92 Å². The number of anilines is 2. The third kappa shape index (κ3) is 4.65. The molecule has 9 nitrogen and oxygen atoms in total. The van der Waals surface area contributed by atoms with E-state index in [4.69, 9.17) is 10.5 Å². The summed E-state index contributed by atoms with van der Waals surface area (Å²) in [4.78, 5) is 23.9. The van der Waals surface area contributed by atoms with Crippen molar-refractivity contribution in [3.05, 3.63) is 90.7 Å². The van der Waals surface area contributed by atoms with Crippen molar-refractivity contribution >= 4 is 28.3 Å². The van der Waals surface area contributed by atoms with Crippen LogP contribution in [0.3, 0.4) is 0 Å². The van der Waals surface area contributed by atoms with Crippen LogP contribution in [0.5, 0.6) is 11.8 Å². The fourth-order valence-corrected chi connectivity index (χ4v) is 4.39. The van der Waals surface area contributed by atoms with E-state index in [-0.39, 0.29) is 23.4 Å². The normalized spacial score (nSPS) is 10.7. The molecular formula is C29H22FN7O2. The average molecular weight is 520 g/mol. The Morgan fingerprint density at radius 2 is 1.82 bits per heavy atom. The van der Waals surface area contributed by atoms with E-state index in [2.05, 4.69) is 32.9 Å². The Bertz CT molecular complexity index is 1790. The van der Waals surface area contributed by atoms with Crippen LogP contribution >= 0.6 is 0 Å². The molecule has 0 saturated heterocycles. The number of aromatic nitrogens is 4. The number of rotatable bonds is 6. The number of pyridine rings is 1. The number of aryl methyl sites for hydroxylation is 2. The zero-order valence-corrected chi connectivity index (χ0v) is 21.1. The van der Waals surface area contributed by atoms with Gasteiger partial charge in [0.1, 0.15) is 17.6 Å². The molecule has 5 aromatic rings. The number of nitrogens with two attached hydrogens (primary N) is 1. The second-order valence-corrected chi connectivity index (χ2v) is 8.66. The Labute approximate surface area is 223 Å². The number of ether oxygens (including phenoxy) is 1. The highest BCUT2D eigenvalue weighted by atomic mass is 19.1. The Morgan fingerprint density at radius 3 is 2.46 bits per heavy atom. The van der Waals surface area contributed by atoms with Crippen LogP contribution < -0.4 is 15.8 Å². The number of nitrogens with zero attached hydrogens (tertiary/aromatic N) is 5. The second-order valence-electron chi connectivity index (χ2n) is 8.66. The number of hydrogen-bond donors (Lipinski definition) is 2. The minimum Gasteiger partial charge on any atom is -0.424 e. The predicted octanol–water partition coefficient (Wildman–Crippen LogP) is 5.52. The highest BCUT2D eigenvalue weighted by molar-refractivity contribution is 6.10. The Kier molecular flexibility index (Phi) is 6.48. The van der Waals surface area contributed by atoms with Gasteiger partial charge in [-0.3, -0.25) is 4.79 Å². The molecule has 2 aromatic carbocycles. The van der Waals surface area contributed by atoms with E-state index in [0.29, 0.717) is 27.9 Å². The van der Waals surface area contributed by atoms with Gasteiger partial charge in [0, 0.05) is 24.5 Å². The summed E-state index contributed by atoms with van der Waals surface area (Å²) in [5.74, 6) is -0.0850.